The molecule has 3 aromatic rings. The number of carbonyl (C=O) groups is 2. The van der Waals surface area contributed by atoms with E-state index in [4.69, 9.17) is 4.74 Å². The number of amides is 1. The van der Waals surface area contributed by atoms with Crippen molar-refractivity contribution in [3.63, 3.8) is 0 Å². The first-order valence-corrected chi connectivity index (χ1v) is 9.14. The van der Waals surface area contributed by atoms with Crippen LogP contribution in [0.2, 0.25) is 0 Å². The predicted molar refractivity (Wildman–Crippen MR) is 107 cm³/mol. The lowest BCUT2D eigenvalue weighted by Crippen LogP contribution is -2.30. The second-order valence-electron chi connectivity index (χ2n) is 6.31. The molecule has 0 aliphatic heterocycles. The molecule has 0 bridgehead atoms. The molecule has 7 heteroatoms. The van der Waals surface area contributed by atoms with Crippen LogP contribution in [0.25, 0.3) is 11.1 Å². The molecule has 154 valence electrons. The molecule has 0 radical (unpaired) electrons. The van der Waals surface area contributed by atoms with Gasteiger partial charge in [-0.25, -0.2) is 0 Å². The maximum absolute atomic E-state index is 12.2. The van der Waals surface area contributed by atoms with E-state index < -0.39 is 12.6 Å². The second-order valence-corrected chi connectivity index (χ2v) is 6.31. The molecule has 0 unspecified atom stereocenters. The molecule has 5 nitrogen and oxygen atoms in total. The van der Waals surface area contributed by atoms with Gasteiger partial charge in [0.1, 0.15) is 18.9 Å². The molecule has 0 atom stereocenters. The topological polar surface area (TPSA) is 64.6 Å². The van der Waals surface area contributed by atoms with Crippen LogP contribution in [0.5, 0.6) is 5.75 Å². The molecule has 0 aliphatic rings. The molecule has 0 heterocycles. The van der Waals surface area contributed by atoms with Gasteiger partial charge in [0.15, 0.2) is 0 Å². The van der Waals surface area contributed by atoms with Crippen LogP contribution in [-0.4, -0.2) is 25.0 Å². The number of nitrogens with one attached hydrogen (secondary N) is 1. The summed E-state index contributed by atoms with van der Waals surface area (Å²) in [6.45, 7) is -3.23. The fourth-order valence-electron chi connectivity index (χ4n) is 2.68. The lowest BCUT2D eigenvalue weighted by atomic mass is 10.0. The summed E-state index contributed by atoms with van der Waals surface area (Å²) in [5, 5.41) is 2.51. The minimum Gasteiger partial charge on any atom is -0.460 e. The number of benzene rings is 3. The molecule has 1 amide bonds. The van der Waals surface area contributed by atoms with Crippen LogP contribution in [0, 0.1) is 0 Å². The van der Waals surface area contributed by atoms with Crippen LogP contribution >= 0.6 is 0 Å². The lowest BCUT2D eigenvalue weighted by Gasteiger charge is -2.08. The predicted octanol–water partition coefficient (Wildman–Crippen LogP) is 4.43. The number of carbonyl (C=O) groups excluding carboxylic acids is 2. The SMILES string of the molecule is O=C(CNC(=O)c1ccc(-c2ccccc2)cc1)OCc1ccc(OC(F)F)cc1. The van der Waals surface area contributed by atoms with Crippen molar-refractivity contribution >= 4 is 11.9 Å². The van der Waals surface area contributed by atoms with Crippen molar-refractivity contribution in [2.75, 3.05) is 6.54 Å². The number of halogens is 2. The summed E-state index contributed by atoms with van der Waals surface area (Å²) in [5.74, 6) is -0.983. The first kappa shape index (κ1) is 21.0. The van der Waals surface area contributed by atoms with Gasteiger partial charge in [-0.3, -0.25) is 9.59 Å². The zero-order valence-corrected chi connectivity index (χ0v) is 15.9. The Balaban J connectivity index is 1.44. The molecule has 0 aliphatic carbocycles. The van der Waals surface area contributed by atoms with Crippen LogP contribution < -0.4 is 10.1 Å². The van der Waals surface area contributed by atoms with Crippen molar-refractivity contribution in [1.29, 1.82) is 0 Å². The Morgan fingerprint density at radius 2 is 1.47 bits per heavy atom. The Morgan fingerprint density at radius 3 is 2.10 bits per heavy atom. The van der Waals surface area contributed by atoms with Crippen molar-refractivity contribution in [2.45, 2.75) is 13.2 Å². The highest BCUT2D eigenvalue weighted by atomic mass is 19.3. The fourth-order valence-corrected chi connectivity index (χ4v) is 2.68. The average Bonchev–Trinajstić information content (AvgIpc) is 2.77. The Bertz CT molecular complexity index is 974. The summed E-state index contributed by atoms with van der Waals surface area (Å²) in [5.41, 5.74) is 3.06. The summed E-state index contributed by atoms with van der Waals surface area (Å²) in [4.78, 5) is 24.0. The summed E-state index contributed by atoms with van der Waals surface area (Å²) in [7, 11) is 0. The highest BCUT2D eigenvalue weighted by Crippen LogP contribution is 2.19. The van der Waals surface area contributed by atoms with E-state index >= 15 is 0 Å². The van der Waals surface area contributed by atoms with Crippen molar-refractivity contribution in [3.05, 3.63) is 90.0 Å². The lowest BCUT2D eigenvalue weighted by molar-refractivity contribution is -0.143. The monoisotopic (exact) mass is 411 g/mol. The van der Waals surface area contributed by atoms with E-state index in [9.17, 15) is 18.4 Å². The molecule has 1 N–H and O–H groups in total. The molecule has 3 rings (SSSR count). The molecular formula is C23H19F2NO4. The first-order chi connectivity index (χ1) is 14.5. The molecular weight excluding hydrogens is 392 g/mol. The van der Waals surface area contributed by atoms with Gasteiger partial charge >= 0.3 is 12.6 Å². The van der Waals surface area contributed by atoms with Gasteiger partial charge in [0.2, 0.25) is 0 Å². The van der Waals surface area contributed by atoms with Crippen LogP contribution in [0.4, 0.5) is 8.78 Å². The number of ether oxygens (including phenoxy) is 2. The molecule has 0 aromatic heterocycles. The van der Waals surface area contributed by atoms with Crippen LogP contribution in [0.1, 0.15) is 15.9 Å². The van der Waals surface area contributed by atoms with Gasteiger partial charge in [0.05, 0.1) is 0 Å². The van der Waals surface area contributed by atoms with Crippen LogP contribution in [-0.2, 0) is 16.1 Å². The normalized spacial score (nSPS) is 10.5. The standard InChI is InChI=1S/C23H19F2NO4/c24-23(25)30-20-12-6-16(7-13-20)15-29-21(27)14-26-22(28)19-10-8-18(9-11-19)17-4-2-1-3-5-17/h1-13,23H,14-15H2,(H,26,28). The number of rotatable bonds is 8. The van der Waals surface area contributed by atoms with Gasteiger partial charge in [-0.2, -0.15) is 8.78 Å². The van der Waals surface area contributed by atoms with E-state index in [-0.39, 0.29) is 24.8 Å². The van der Waals surface area contributed by atoms with Gasteiger partial charge < -0.3 is 14.8 Å². The molecule has 0 fully saturated rings. The highest BCUT2D eigenvalue weighted by molar-refractivity contribution is 5.96. The van der Waals surface area contributed by atoms with E-state index in [1.165, 1.54) is 24.3 Å². The average molecular weight is 411 g/mol. The number of hydrogen-bond acceptors (Lipinski definition) is 4. The zero-order chi connectivity index (χ0) is 21.3. The second kappa shape index (κ2) is 10.2. The van der Waals surface area contributed by atoms with Gasteiger partial charge in [0.25, 0.3) is 5.91 Å². The van der Waals surface area contributed by atoms with Crippen molar-refractivity contribution in [1.82, 2.24) is 5.32 Å². The maximum Gasteiger partial charge on any atom is 0.387 e. The summed E-state index contributed by atoms with van der Waals surface area (Å²) in [6.07, 6.45) is 0. The van der Waals surface area contributed by atoms with Gasteiger partial charge in [-0.15, -0.1) is 0 Å². The quantitative estimate of drug-likeness (QED) is 0.557. The minimum absolute atomic E-state index is 0.0191. The molecule has 30 heavy (non-hydrogen) atoms. The summed E-state index contributed by atoms with van der Waals surface area (Å²) >= 11 is 0. The zero-order valence-electron chi connectivity index (χ0n) is 15.9. The number of esters is 1. The van der Waals surface area contributed by atoms with E-state index in [0.29, 0.717) is 11.1 Å². The Hall–Kier alpha value is -3.74. The maximum atomic E-state index is 12.2. The van der Waals surface area contributed by atoms with E-state index in [0.717, 1.165) is 11.1 Å². The highest BCUT2D eigenvalue weighted by Gasteiger charge is 2.10. The van der Waals surface area contributed by atoms with Crippen molar-refractivity contribution in [3.8, 4) is 16.9 Å². The molecule has 0 spiro atoms. The third kappa shape index (κ3) is 6.13. The smallest absolute Gasteiger partial charge is 0.387 e. The largest absolute Gasteiger partial charge is 0.460 e. The number of alkyl halides is 2. The van der Waals surface area contributed by atoms with Gasteiger partial charge in [-0.05, 0) is 41.0 Å². The van der Waals surface area contributed by atoms with Crippen molar-refractivity contribution in [2.24, 2.45) is 0 Å². The Morgan fingerprint density at radius 1 is 0.833 bits per heavy atom. The van der Waals surface area contributed by atoms with E-state index in [1.54, 1.807) is 12.1 Å². The third-order valence-corrected chi connectivity index (χ3v) is 4.20. The van der Waals surface area contributed by atoms with E-state index in [2.05, 4.69) is 10.1 Å². The van der Waals surface area contributed by atoms with Gasteiger partial charge in [0, 0.05) is 5.56 Å². The molecule has 0 saturated heterocycles. The van der Waals surface area contributed by atoms with Gasteiger partial charge in [-0.1, -0.05) is 54.6 Å². The summed E-state index contributed by atoms with van der Waals surface area (Å²) in [6, 6.07) is 22.5. The third-order valence-electron chi connectivity index (χ3n) is 4.20. The summed E-state index contributed by atoms with van der Waals surface area (Å²) < 4.78 is 33.6. The van der Waals surface area contributed by atoms with Crippen LogP contribution in [0.15, 0.2) is 78.9 Å². The Kier molecular flexibility index (Phi) is 7.10. The first-order valence-electron chi connectivity index (χ1n) is 9.14. The van der Waals surface area contributed by atoms with Crippen LogP contribution in [0.3, 0.4) is 0 Å². The van der Waals surface area contributed by atoms with Crippen molar-refractivity contribution < 1.29 is 27.8 Å². The molecule has 3 aromatic carbocycles. The fraction of sp³-hybridized carbons (Fsp3) is 0.130. The number of hydrogen-bond donors (Lipinski definition) is 1. The Labute approximate surface area is 172 Å². The van der Waals surface area contributed by atoms with E-state index in [1.807, 2.05) is 42.5 Å². The minimum atomic E-state index is -2.90. The molecule has 0 saturated carbocycles.